The molecule has 6 nitrogen and oxygen atoms in total. The van der Waals surface area contributed by atoms with Gasteiger partial charge < -0.3 is 15.2 Å². The summed E-state index contributed by atoms with van der Waals surface area (Å²) in [7, 11) is 0. The molecular formula is C22H22N4O2. The first kappa shape index (κ1) is 18.0. The van der Waals surface area contributed by atoms with Gasteiger partial charge in [-0.25, -0.2) is 4.98 Å². The van der Waals surface area contributed by atoms with E-state index in [1.807, 2.05) is 37.3 Å². The molecule has 0 aliphatic carbocycles. The maximum atomic E-state index is 12.5. The molecule has 2 aromatic heterocycles. The van der Waals surface area contributed by atoms with Crippen molar-refractivity contribution in [2.45, 2.75) is 19.8 Å². The van der Waals surface area contributed by atoms with Crippen LogP contribution < -0.4 is 15.8 Å². The van der Waals surface area contributed by atoms with E-state index >= 15 is 0 Å². The van der Waals surface area contributed by atoms with Gasteiger partial charge >= 0.3 is 0 Å². The number of nitrogens with one attached hydrogen (secondary N) is 2. The standard InChI is InChI=1S/C22H22N4O2/c1-15-5-4-6-16(13-15)19-9-8-18(21(27)24-19)22(28)25-20-10-7-17(14-23-20)26-11-2-3-12-26/h4-10,13-14H,2-3,11-12H2,1H3,(H,24,27)(H,23,25,28). The Hall–Kier alpha value is -3.41. The summed E-state index contributed by atoms with van der Waals surface area (Å²) < 4.78 is 0. The highest BCUT2D eigenvalue weighted by Crippen LogP contribution is 2.20. The third-order valence-electron chi connectivity index (χ3n) is 4.94. The van der Waals surface area contributed by atoms with Crippen LogP contribution >= 0.6 is 0 Å². The molecule has 4 rings (SSSR count). The summed E-state index contributed by atoms with van der Waals surface area (Å²) in [6, 6.07) is 14.8. The van der Waals surface area contributed by atoms with Crippen molar-refractivity contribution in [3.63, 3.8) is 0 Å². The molecule has 1 amide bonds. The maximum Gasteiger partial charge on any atom is 0.262 e. The second kappa shape index (κ2) is 7.68. The first-order chi connectivity index (χ1) is 13.6. The molecule has 0 bridgehead atoms. The number of rotatable bonds is 4. The molecule has 6 heteroatoms. The molecule has 2 N–H and O–H groups in total. The van der Waals surface area contributed by atoms with Crippen LogP contribution in [0.5, 0.6) is 0 Å². The third kappa shape index (κ3) is 3.81. The summed E-state index contributed by atoms with van der Waals surface area (Å²) in [5, 5.41) is 2.70. The number of aryl methyl sites for hydroxylation is 1. The van der Waals surface area contributed by atoms with Gasteiger partial charge in [-0.2, -0.15) is 0 Å². The lowest BCUT2D eigenvalue weighted by Crippen LogP contribution is -2.23. The fraction of sp³-hybridized carbons (Fsp3) is 0.227. The zero-order chi connectivity index (χ0) is 19.5. The number of aromatic nitrogens is 2. The summed E-state index contributed by atoms with van der Waals surface area (Å²) in [6.45, 7) is 4.07. The number of aromatic amines is 1. The maximum absolute atomic E-state index is 12.5. The summed E-state index contributed by atoms with van der Waals surface area (Å²) in [5.74, 6) is -0.0476. The Labute approximate surface area is 163 Å². The number of nitrogens with zero attached hydrogens (tertiary/aromatic N) is 2. The molecule has 0 unspecified atom stereocenters. The van der Waals surface area contributed by atoms with Gasteiger partial charge in [0.1, 0.15) is 11.4 Å². The highest BCUT2D eigenvalue weighted by atomic mass is 16.2. The largest absolute Gasteiger partial charge is 0.370 e. The van der Waals surface area contributed by atoms with Crippen molar-refractivity contribution in [2.24, 2.45) is 0 Å². The van der Waals surface area contributed by atoms with Crippen molar-refractivity contribution in [2.75, 3.05) is 23.3 Å². The molecule has 1 aliphatic heterocycles. The van der Waals surface area contributed by atoms with Crippen LogP contribution in [0, 0.1) is 6.92 Å². The SMILES string of the molecule is Cc1cccc(-c2ccc(C(=O)Nc3ccc(N4CCCC4)cn3)c(=O)[nH]2)c1. The fourth-order valence-corrected chi connectivity index (χ4v) is 3.44. The Morgan fingerprint density at radius 3 is 2.61 bits per heavy atom. The lowest BCUT2D eigenvalue weighted by Gasteiger charge is -2.17. The molecule has 1 saturated heterocycles. The lowest BCUT2D eigenvalue weighted by molar-refractivity contribution is 0.102. The van der Waals surface area contributed by atoms with Crippen molar-refractivity contribution < 1.29 is 4.79 Å². The van der Waals surface area contributed by atoms with Gasteiger partial charge in [0.15, 0.2) is 0 Å². The molecule has 28 heavy (non-hydrogen) atoms. The van der Waals surface area contributed by atoms with Gasteiger partial charge in [-0.1, -0.05) is 23.8 Å². The lowest BCUT2D eigenvalue weighted by atomic mass is 10.1. The molecular weight excluding hydrogens is 352 g/mol. The van der Waals surface area contributed by atoms with Gasteiger partial charge in [-0.05, 0) is 55.7 Å². The second-order valence-electron chi connectivity index (χ2n) is 7.03. The van der Waals surface area contributed by atoms with E-state index in [9.17, 15) is 9.59 Å². The van der Waals surface area contributed by atoms with E-state index in [0.29, 0.717) is 11.5 Å². The first-order valence-corrected chi connectivity index (χ1v) is 9.43. The number of benzene rings is 1. The van der Waals surface area contributed by atoms with E-state index in [2.05, 4.69) is 20.2 Å². The monoisotopic (exact) mass is 374 g/mol. The van der Waals surface area contributed by atoms with Gasteiger partial charge in [0, 0.05) is 18.8 Å². The summed E-state index contributed by atoms with van der Waals surface area (Å²) >= 11 is 0. The number of carbonyl (C=O) groups is 1. The smallest absolute Gasteiger partial charge is 0.262 e. The van der Waals surface area contributed by atoms with E-state index in [0.717, 1.165) is 29.9 Å². The van der Waals surface area contributed by atoms with Crippen molar-refractivity contribution in [1.82, 2.24) is 9.97 Å². The Morgan fingerprint density at radius 1 is 1.11 bits per heavy atom. The van der Waals surface area contributed by atoms with Crippen molar-refractivity contribution >= 4 is 17.4 Å². The predicted molar refractivity (Wildman–Crippen MR) is 111 cm³/mol. The second-order valence-corrected chi connectivity index (χ2v) is 7.03. The van der Waals surface area contributed by atoms with E-state index in [1.165, 1.54) is 12.8 Å². The minimum Gasteiger partial charge on any atom is -0.370 e. The molecule has 3 heterocycles. The zero-order valence-electron chi connectivity index (χ0n) is 15.7. The number of pyridine rings is 2. The Balaban J connectivity index is 1.49. The van der Waals surface area contributed by atoms with Crippen molar-refractivity contribution in [1.29, 1.82) is 0 Å². The van der Waals surface area contributed by atoms with Gasteiger partial charge in [0.2, 0.25) is 0 Å². The van der Waals surface area contributed by atoms with Crippen molar-refractivity contribution in [3.05, 3.63) is 76.2 Å². The number of anilines is 2. The highest BCUT2D eigenvalue weighted by Gasteiger charge is 2.15. The molecule has 142 valence electrons. The number of amides is 1. The van der Waals surface area contributed by atoms with E-state index in [1.54, 1.807) is 24.4 Å². The van der Waals surface area contributed by atoms with Crippen LogP contribution in [0.15, 0.2) is 59.5 Å². The van der Waals surface area contributed by atoms with E-state index < -0.39 is 11.5 Å². The van der Waals surface area contributed by atoms with Gasteiger partial charge in [-0.3, -0.25) is 9.59 Å². The van der Waals surface area contributed by atoms with E-state index in [-0.39, 0.29) is 5.56 Å². The Bertz CT molecular complexity index is 1050. The molecule has 0 spiro atoms. The molecule has 1 fully saturated rings. The minimum atomic E-state index is -0.474. The first-order valence-electron chi connectivity index (χ1n) is 9.43. The minimum absolute atomic E-state index is 0.0572. The van der Waals surface area contributed by atoms with Gasteiger partial charge in [0.05, 0.1) is 11.9 Å². The van der Waals surface area contributed by atoms with Crippen molar-refractivity contribution in [3.8, 4) is 11.3 Å². The molecule has 0 radical (unpaired) electrons. The number of hydrogen-bond donors (Lipinski definition) is 2. The number of carbonyl (C=O) groups excluding carboxylic acids is 1. The summed E-state index contributed by atoms with van der Waals surface area (Å²) in [4.78, 5) is 34.3. The normalized spacial score (nSPS) is 13.5. The van der Waals surface area contributed by atoms with Crippen LogP contribution in [-0.2, 0) is 0 Å². The van der Waals surface area contributed by atoms with Crippen LogP contribution in [0.3, 0.4) is 0 Å². The van der Waals surface area contributed by atoms with Gasteiger partial charge in [0.25, 0.3) is 11.5 Å². The Morgan fingerprint density at radius 2 is 1.93 bits per heavy atom. The Kier molecular flexibility index (Phi) is 4.93. The molecule has 0 atom stereocenters. The summed E-state index contributed by atoms with van der Waals surface area (Å²) in [5.41, 5.74) is 3.37. The predicted octanol–water partition coefficient (Wildman–Crippen LogP) is 3.60. The zero-order valence-corrected chi connectivity index (χ0v) is 15.7. The van der Waals surface area contributed by atoms with Crippen LogP contribution in [0.2, 0.25) is 0 Å². The summed E-state index contributed by atoms with van der Waals surface area (Å²) in [6.07, 6.45) is 4.14. The molecule has 1 aromatic carbocycles. The topological polar surface area (TPSA) is 78.1 Å². The van der Waals surface area contributed by atoms with Crippen LogP contribution in [-0.4, -0.2) is 29.0 Å². The quantitative estimate of drug-likeness (QED) is 0.731. The van der Waals surface area contributed by atoms with Crippen LogP contribution in [0.1, 0.15) is 28.8 Å². The number of H-pyrrole nitrogens is 1. The average molecular weight is 374 g/mol. The van der Waals surface area contributed by atoms with Crippen LogP contribution in [0.4, 0.5) is 11.5 Å². The molecule has 1 aliphatic rings. The highest BCUT2D eigenvalue weighted by molar-refractivity contribution is 6.03. The average Bonchev–Trinajstić information content (AvgIpc) is 3.23. The number of hydrogen-bond acceptors (Lipinski definition) is 4. The fourth-order valence-electron chi connectivity index (χ4n) is 3.44. The molecule has 0 saturated carbocycles. The molecule has 3 aromatic rings. The van der Waals surface area contributed by atoms with Gasteiger partial charge in [-0.15, -0.1) is 0 Å². The third-order valence-corrected chi connectivity index (χ3v) is 4.94. The van der Waals surface area contributed by atoms with E-state index in [4.69, 9.17) is 0 Å². The van der Waals surface area contributed by atoms with Crippen LogP contribution in [0.25, 0.3) is 11.3 Å².